The second-order valence-corrected chi connectivity index (χ2v) is 3.96. The van der Waals surface area contributed by atoms with Crippen molar-refractivity contribution in [2.24, 2.45) is 0 Å². The number of anilines is 1. The van der Waals surface area contributed by atoms with Gasteiger partial charge in [0.05, 0.1) is 0 Å². The SMILES string of the molecule is CC(=O)C=CNc1cc(-c2ccncc2)c[nH]c1=O. The highest BCUT2D eigenvalue weighted by atomic mass is 16.1. The molecule has 5 heteroatoms. The number of pyridine rings is 2. The molecule has 0 bridgehead atoms. The maximum Gasteiger partial charge on any atom is 0.271 e. The summed E-state index contributed by atoms with van der Waals surface area (Å²) < 4.78 is 0. The summed E-state index contributed by atoms with van der Waals surface area (Å²) in [6.45, 7) is 1.44. The summed E-state index contributed by atoms with van der Waals surface area (Å²) in [6, 6.07) is 5.42. The van der Waals surface area contributed by atoms with Crippen LogP contribution in [0, 0.1) is 0 Å². The number of ketones is 1. The summed E-state index contributed by atoms with van der Waals surface area (Å²) in [6.07, 6.45) is 7.81. The molecule has 0 saturated heterocycles. The number of nitrogens with zero attached hydrogens (tertiary/aromatic N) is 1. The zero-order valence-electron chi connectivity index (χ0n) is 10.4. The van der Waals surface area contributed by atoms with Gasteiger partial charge in [0.25, 0.3) is 5.56 Å². The Morgan fingerprint density at radius 1 is 1.32 bits per heavy atom. The van der Waals surface area contributed by atoms with Crippen molar-refractivity contribution in [2.75, 3.05) is 5.32 Å². The van der Waals surface area contributed by atoms with Crippen molar-refractivity contribution in [1.82, 2.24) is 9.97 Å². The first-order chi connectivity index (χ1) is 9.16. The van der Waals surface area contributed by atoms with Crippen LogP contribution >= 0.6 is 0 Å². The lowest BCUT2D eigenvalue weighted by atomic mass is 10.1. The summed E-state index contributed by atoms with van der Waals surface area (Å²) in [5.41, 5.74) is 1.95. The van der Waals surface area contributed by atoms with Gasteiger partial charge in [-0.15, -0.1) is 0 Å². The average Bonchev–Trinajstić information content (AvgIpc) is 2.41. The van der Waals surface area contributed by atoms with Crippen molar-refractivity contribution in [2.45, 2.75) is 6.92 Å². The van der Waals surface area contributed by atoms with E-state index in [4.69, 9.17) is 0 Å². The minimum Gasteiger partial charge on any atom is -0.357 e. The van der Waals surface area contributed by atoms with Crippen LogP contribution in [0.4, 0.5) is 5.69 Å². The van der Waals surface area contributed by atoms with E-state index in [0.717, 1.165) is 11.1 Å². The summed E-state index contributed by atoms with van der Waals surface area (Å²) in [5.74, 6) is -0.0887. The number of nitrogens with one attached hydrogen (secondary N) is 2. The highest BCUT2D eigenvalue weighted by Gasteiger charge is 2.02. The predicted octanol–water partition coefficient (Wildman–Crippen LogP) is 1.95. The number of aromatic nitrogens is 2. The van der Waals surface area contributed by atoms with E-state index in [0.29, 0.717) is 5.69 Å². The zero-order valence-corrected chi connectivity index (χ0v) is 10.4. The van der Waals surface area contributed by atoms with Crippen molar-refractivity contribution in [3.63, 3.8) is 0 Å². The first-order valence-corrected chi connectivity index (χ1v) is 5.73. The molecule has 2 heterocycles. The van der Waals surface area contributed by atoms with Gasteiger partial charge in [-0.2, -0.15) is 0 Å². The predicted molar refractivity (Wildman–Crippen MR) is 73.7 cm³/mol. The van der Waals surface area contributed by atoms with Crippen LogP contribution in [0.2, 0.25) is 0 Å². The Morgan fingerprint density at radius 3 is 2.74 bits per heavy atom. The van der Waals surface area contributed by atoms with Crippen LogP contribution < -0.4 is 10.9 Å². The van der Waals surface area contributed by atoms with Crippen molar-refractivity contribution in [3.05, 3.63) is 59.4 Å². The Bertz CT molecular complexity index is 660. The molecule has 96 valence electrons. The fraction of sp³-hybridized carbons (Fsp3) is 0.0714. The highest BCUT2D eigenvalue weighted by Crippen LogP contribution is 2.18. The lowest BCUT2D eigenvalue weighted by molar-refractivity contribution is -0.112. The van der Waals surface area contributed by atoms with Gasteiger partial charge < -0.3 is 10.3 Å². The summed E-state index contributed by atoms with van der Waals surface area (Å²) in [7, 11) is 0. The minimum absolute atomic E-state index is 0.0887. The molecule has 2 N–H and O–H groups in total. The van der Waals surface area contributed by atoms with Crippen molar-refractivity contribution in [1.29, 1.82) is 0 Å². The number of carbonyl (C=O) groups is 1. The normalized spacial score (nSPS) is 10.6. The lowest BCUT2D eigenvalue weighted by Crippen LogP contribution is -2.10. The van der Waals surface area contributed by atoms with Gasteiger partial charge in [0.1, 0.15) is 5.69 Å². The molecule has 0 atom stereocenters. The molecule has 0 saturated carbocycles. The third-order valence-corrected chi connectivity index (χ3v) is 2.47. The molecule has 0 aromatic carbocycles. The van der Waals surface area contributed by atoms with Gasteiger partial charge in [0, 0.05) is 30.4 Å². The number of carbonyl (C=O) groups excluding carboxylic acids is 1. The van der Waals surface area contributed by atoms with Crippen LogP contribution in [0.5, 0.6) is 0 Å². The Balaban J connectivity index is 2.30. The molecule has 2 aromatic heterocycles. The highest BCUT2D eigenvalue weighted by molar-refractivity contribution is 5.87. The maximum atomic E-state index is 11.6. The van der Waals surface area contributed by atoms with E-state index in [1.54, 1.807) is 24.7 Å². The number of hydrogen-bond acceptors (Lipinski definition) is 4. The molecule has 5 nitrogen and oxygen atoms in total. The monoisotopic (exact) mass is 255 g/mol. The van der Waals surface area contributed by atoms with E-state index < -0.39 is 0 Å². The van der Waals surface area contributed by atoms with Gasteiger partial charge in [0.15, 0.2) is 5.78 Å². The van der Waals surface area contributed by atoms with E-state index in [1.165, 1.54) is 19.2 Å². The lowest BCUT2D eigenvalue weighted by Gasteiger charge is -2.04. The molecule has 0 aliphatic carbocycles. The molecule has 0 spiro atoms. The maximum absolute atomic E-state index is 11.6. The summed E-state index contributed by atoms with van der Waals surface area (Å²) >= 11 is 0. The first-order valence-electron chi connectivity index (χ1n) is 5.73. The fourth-order valence-electron chi connectivity index (χ4n) is 1.55. The molecular weight excluding hydrogens is 242 g/mol. The number of aromatic amines is 1. The summed E-state index contributed by atoms with van der Waals surface area (Å²) in [5, 5.41) is 2.79. The summed E-state index contributed by atoms with van der Waals surface area (Å²) in [4.78, 5) is 29.0. The Labute approximate surface area is 110 Å². The molecule has 0 radical (unpaired) electrons. The average molecular weight is 255 g/mol. The molecule has 2 rings (SSSR count). The van der Waals surface area contributed by atoms with Gasteiger partial charge in [-0.3, -0.25) is 14.6 Å². The van der Waals surface area contributed by atoms with Gasteiger partial charge in [0.2, 0.25) is 0 Å². The molecule has 0 aliphatic heterocycles. The molecule has 2 aromatic rings. The van der Waals surface area contributed by atoms with Crippen molar-refractivity contribution >= 4 is 11.5 Å². The van der Waals surface area contributed by atoms with Gasteiger partial charge in [-0.25, -0.2) is 0 Å². The van der Waals surface area contributed by atoms with E-state index in [-0.39, 0.29) is 11.3 Å². The van der Waals surface area contributed by atoms with Crippen LogP contribution in [0.25, 0.3) is 11.1 Å². The van der Waals surface area contributed by atoms with Gasteiger partial charge in [-0.1, -0.05) is 0 Å². The largest absolute Gasteiger partial charge is 0.357 e. The number of H-pyrrole nitrogens is 1. The molecule has 0 unspecified atom stereocenters. The van der Waals surface area contributed by atoms with Crippen LogP contribution in [-0.4, -0.2) is 15.8 Å². The minimum atomic E-state index is -0.244. The van der Waals surface area contributed by atoms with Crippen molar-refractivity contribution < 1.29 is 4.79 Å². The topological polar surface area (TPSA) is 74.8 Å². The smallest absolute Gasteiger partial charge is 0.271 e. The molecule has 0 aliphatic rings. The quantitative estimate of drug-likeness (QED) is 0.819. The van der Waals surface area contributed by atoms with E-state index >= 15 is 0 Å². The first kappa shape index (κ1) is 12.8. The second-order valence-electron chi connectivity index (χ2n) is 3.96. The Kier molecular flexibility index (Phi) is 3.87. The van der Waals surface area contributed by atoms with E-state index in [2.05, 4.69) is 15.3 Å². The van der Waals surface area contributed by atoms with Crippen molar-refractivity contribution in [3.8, 4) is 11.1 Å². The van der Waals surface area contributed by atoms with E-state index in [9.17, 15) is 9.59 Å². The molecular formula is C14H13N3O2. The fourth-order valence-corrected chi connectivity index (χ4v) is 1.55. The molecule has 0 fully saturated rings. The zero-order chi connectivity index (χ0) is 13.7. The third-order valence-electron chi connectivity index (χ3n) is 2.47. The Hall–Kier alpha value is -2.69. The van der Waals surface area contributed by atoms with Gasteiger partial charge >= 0.3 is 0 Å². The van der Waals surface area contributed by atoms with Gasteiger partial charge in [-0.05, 0) is 36.8 Å². The van der Waals surface area contributed by atoms with E-state index in [1.807, 2.05) is 12.1 Å². The standard InChI is InChI=1S/C14H13N3O2/c1-10(18)2-7-16-13-8-12(9-17-14(13)19)11-3-5-15-6-4-11/h2-9,16H,1H3,(H,17,19). The van der Waals surface area contributed by atoms with Crippen LogP contribution in [0.1, 0.15) is 6.92 Å². The molecule has 0 amide bonds. The number of allylic oxidation sites excluding steroid dienone is 1. The van der Waals surface area contributed by atoms with Crippen LogP contribution in [0.15, 0.2) is 53.9 Å². The number of rotatable bonds is 4. The molecule has 19 heavy (non-hydrogen) atoms. The van der Waals surface area contributed by atoms with Crippen LogP contribution in [-0.2, 0) is 4.79 Å². The van der Waals surface area contributed by atoms with Crippen LogP contribution in [0.3, 0.4) is 0 Å². The third kappa shape index (κ3) is 3.38. The second kappa shape index (κ2) is 5.77. The number of hydrogen-bond donors (Lipinski definition) is 2. The Morgan fingerprint density at radius 2 is 2.05 bits per heavy atom.